The van der Waals surface area contributed by atoms with Crippen LogP contribution in [-0.2, 0) is 6.42 Å². The summed E-state index contributed by atoms with van der Waals surface area (Å²) in [6.45, 7) is 5.45. The number of fused-ring (bicyclic) bond motifs is 1. The molecule has 1 N–H and O–H groups in total. The molecule has 2 nitrogen and oxygen atoms in total. The highest BCUT2D eigenvalue weighted by Crippen LogP contribution is 2.39. The Morgan fingerprint density at radius 2 is 2.33 bits per heavy atom. The third kappa shape index (κ3) is 1.86. The van der Waals surface area contributed by atoms with E-state index in [1.807, 2.05) is 6.07 Å². The Hall–Kier alpha value is -1.02. The van der Waals surface area contributed by atoms with Crippen LogP contribution in [0, 0.1) is 0 Å². The molecular weight excluding hydrogens is 186 g/mol. The Labute approximate surface area is 91.6 Å². The molecule has 2 atom stereocenters. The van der Waals surface area contributed by atoms with Gasteiger partial charge < -0.3 is 10.1 Å². The van der Waals surface area contributed by atoms with Gasteiger partial charge in [0.1, 0.15) is 5.75 Å². The molecule has 0 saturated carbocycles. The fraction of sp³-hybridized carbons (Fsp3) is 0.538. The van der Waals surface area contributed by atoms with Crippen LogP contribution in [0.25, 0.3) is 0 Å². The van der Waals surface area contributed by atoms with Crippen LogP contribution in [0.2, 0.25) is 0 Å². The molecule has 0 bridgehead atoms. The van der Waals surface area contributed by atoms with Crippen molar-refractivity contribution in [1.29, 1.82) is 0 Å². The van der Waals surface area contributed by atoms with Crippen molar-refractivity contribution in [3.05, 3.63) is 29.3 Å². The highest BCUT2D eigenvalue weighted by molar-refractivity contribution is 5.46. The molecule has 2 unspecified atom stereocenters. The van der Waals surface area contributed by atoms with Gasteiger partial charge in [-0.2, -0.15) is 0 Å². The zero-order valence-electron chi connectivity index (χ0n) is 9.71. The quantitative estimate of drug-likeness (QED) is 0.814. The second-order valence-electron chi connectivity index (χ2n) is 4.22. The number of likely N-dealkylation sites (N-methyl/N-ethyl adjacent to an activating group) is 1. The highest BCUT2D eigenvalue weighted by Gasteiger charge is 2.30. The lowest BCUT2D eigenvalue weighted by atomic mass is 9.74. The van der Waals surface area contributed by atoms with Crippen molar-refractivity contribution in [2.75, 3.05) is 13.7 Å². The lowest BCUT2D eigenvalue weighted by molar-refractivity contribution is 0.403. The summed E-state index contributed by atoms with van der Waals surface area (Å²) in [5.41, 5.74) is 2.94. The van der Waals surface area contributed by atoms with Gasteiger partial charge in [0.05, 0.1) is 7.11 Å². The molecule has 0 aromatic heterocycles. The van der Waals surface area contributed by atoms with Gasteiger partial charge in [-0.3, -0.25) is 0 Å². The van der Waals surface area contributed by atoms with Crippen molar-refractivity contribution < 1.29 is 4.74 Å². The maximum Gasteiger partial charge on any atom is 0.119 e. The molecule has 1 aromatic carbocycles. The summed E-state index contributed by atoms with van der Waals surface area (Å²) in [4.78, 5) is 0. The number of ether oxygens (including phenoxy) is 1. The minimum absolute atomic E-state index is 0.564. The molecule has 1 aromatic rings. The fourth-order valence-corrected chi connectivity index (χ4v) is 2.36. The Bertz CT molecular complexity index is 348. The normalized spacial score (nSPS) is 20.3. The number of rotatable bonds is 4. The van der Waals surface area contributed by atoms with Crippen molar-refractivity contribution in [2.45, 2.75) is 32.2 Å². The van der Waals surface area contributed by atoms with Gasteiger partial charge in [-0.1, -0.05) is 13.0 Å². The van der Waals surface area contributed by atoms with E-state index in [0.29, 0.717) is 12.0 Å². The Morgan fingerprint density at radius 1 is 1.53 bits per heavy atom. The molecule has 1 aliphatic carbocycles. The molecule has 0 amide bonds. The molecule has 1 aliphatic rings. The van der Waals surface area contributed by atoms with E-state index in [1.54, 1.807) is 7.11 Å². The van der Waals surface area contributed by atoms with Gasteiger partial charge in [0.2, 0.25) is 0 Å². The van der Waals surface area contributed by atoms with Gasteiger partial charge >= 0.3 is 0 Å². The van der Waals surface area contributed by atoms with Gasteiger partial charge in [0.25, 0.3) is 0 Å². The molecule has 0 spiro atoms. The van der Waals surface area contributed by atoms with Crippen LogP contribution < -0.4 is 10.1 Å². The van der Waals surface area contributed by atoms with Gasteiger partial charge in [-0.05, 0) is 43.1 Å². The Morgan fingerprint density at radius 3 is 3.00 bits per heavy atom. The van der Waals surface area contributed by atoms with Crippen molar-refractivity contribution >= 4 is 0 Å². The fourth-order valence-electron chi connectivity index (χ4n) is 2.36. The molecule has 2 rings (SSSR count). The molecule has 0 fully saturated rings. The molecular formula is C13H19NO. The summed E-state index contributed by atoms with van der Waals surface area (Å²) in [6.07, 6.45) is 1.20. The topological polar surface area (TPSA) is 21.3 Å². The average molecular weight is 205 g/mol. The van der Waals surface area contributed by atoms with Crippen molar-refractivity contribution in [3.8, 4) is 5.75 Å². The molecule has 0 saturated heterocycles. The third-order valence-electron chi connectivity index (χ3n) is 3.32. The van der Waals surface area contributed by atoms with Gasteiger partial charge in [-0.15, -0.1) is 0 Å². The Kier molecular flexibility index (Phi) is 2.96. The SMILES string of the molecule is CCNC(C)C1Cc2ccc(OC)cc21. The Balaban J connectivity index is 2.14. The van der Waals surface area contributed by atoms with Gasteiger partial charge in [-0.25, -0.2) is 0 Å². The lowest BCUT2D eigenvalue weighted by Gasteiger charge is -2.35. The maximum atomic E-state index is 5.25. The van der Waals surface area contributed by atoms with E-state index in [0.717, 1.165) is 12.3 Å². The van der Waals surface area contributed by atoms with E-state index >= 15 is 0 Å². The lowest BCUT2D eigenvalue weighted by Crippen LogP contribution is -2.37. The first-order valence-corrected chi connectivity index (χ1v) is 5.66. The maximum absolute atomic E-state index is 5.25. The van der Waals surface area contributed by atoms with Crippen LogP contribution in [0.5, 0.6) is 5.75 Å². The van der Waals surface area contributed by atoms with Crippen LogP contribution in [0.15, 0.2) is 18.2 Å². The second-order valence-corrected chi connectivity index (χ2v) is 4.22. The second kappa shape index (κ2) is 4.23. The van der Waals surface area contributed by atoms with Crippen LogP contribution >= 0.6 is 0 Å². The van der Waals surface area contributed by atoms with E-state index in [-0.39, 0.29) is 0 Å². The summed E-state index contributed by atoms with van der Waals surface area (Å²) in [5.74, 6) is 1.64. The van der Waals surface area contributed by atoms with Crippen LogP contribution in [0.3, 0.4) is 0 Å². The van der Waals surface area contributed by atoms with E-state index in [4.69, 9.17) is 4.74 Å². The number of methoxy groups -OCH3 is 1. The van der Waals surface area contributed by atoms with Crippen molar-refractivity contribution in [1.82, 2.24) is 5.32 Å². The standard InChI is InChI=1S/C13H19NO/c1-4-14-9(2)12-7-10-5-6-11(15-3)8-13(10)12/h5-6,8-9,12,14H,4,7H2,1-3H3. The van der Waals surface area contributed by atoms with Gasteiger partial charge in [0, 0.05) is 12.0 Å². The molecule has 0 radical (unpaired) electrons. The average Bonchev–Trinajstić information content (AvgIpc) is 2.20. The molecule has 0 aliphatic heterocycles. The smallest absolute Gasteiger partial charge is 0.119 e. The van der Waals surface area contributed by atoms with E-state index < -0.39 is 0 Å². The van der Waals surface area contributed by atoms with Crippen molar-refractivity contribution in [3.63, 3.8) is 0 Å². The van der Waals surface area contributed by atoms with Crippen LogP contribution in [-0.4, -0.2) is 19.7 Å². The molecule has 82 valence electrons. The summed E-state index contributed by atoms with van der Waals surface area (Å²) in [7, 11) is 1.73. The third-order valence-corrected chi connectivity index (χ3v) is 3.32. The molecule has 2 heteroatoms. The van der Waals surface area contributed by atoms with Crippen molar-refractivity contribution in [2.24, 2.45) is 0 Å². The highest BCUT2D eigenvalue weighted by atomic mass is 16.5. The zero-order chi connectivity index (χ0) is 10.8. The van der Waals surface area contributed by atoms with E-state index in [2.05, 4.69) is 31.3 Å². The predicted octanol–water partition coefficient (Wildman–Crippen LogP) is 2.33. The number of hydrogen-bond acceptors (Lipinski definition) is 2. The van der Waals surface area contributed by atoms with E-state index in [9.17, 15) is 0 Å². The minimum atomic E-state index is 0.564. The zero-order valence-corrected chi connectivity index (χ0v) is 9.71. The summed E-state index contributed by atoms with van der Waals surface area (Å²) in [6, 6.07) is 6.97. The number of benzene rings is 1. The largest absolute Gasteiger partial charge is 0.497 e. The summed E-state index contributed by atoms with van der Waals surface area (Å²) < 4.78 is 5.25. The monoisotopic (exact) mass is 205 g/mol. The summed E-state index contributed by atoms with van der Waals surface area (Å²) >= 11 is 0. The first-order chi connectivity index (χ1) is 7.26. The number of hydrogen-bond donors (Lipinski definition) is 1. The molecule has 0 heterocycles. The predicted molar refractivity (Wildman–Crippen MR) is 62.6 cm³/mol. The van der Waals surface area contributed by atoms with Crippen LogP contribution in [0.1, 0.15) is 30.9 Å². The molecule has 15 heavy (non-hydrogen) atoms. The first-order valence-electron chi connectivity index (χ1n) is 5.66. The van der Waals surface area contributed by atoms with Gasteiger partial charge in [0.15, 0.2) is 0 Å². The first kappa shape index (κ1) is 10.5. The van der Waals surface area contributed by atoms with E-state index in [1.165, 1.54) is 17.5 Å². The minimum Gasteiger partial charge on any atom is -0.497 e. The van der Waals surface area contributed by atoms with Crippen LogP contribution in [0.4, 0.5) is 0 Å². The summed E-state index contributed by atoms with van der Waals surface area (Å²) in [5, 5.41) is 3.48. The number of nitrogens with one attached hydrogen (secondary N) is 1.